The van der Waals surface area contributed by atoms with Crippen LogP contribution >= 0.6 is 0 Å². The summed E-state index contributed by atoms with van der Waals surface area (Å²) in [5.41, 5.74) is 0.837. The minimum Gasteiger partial charge on any atom is -0.480 e. The fraction of sp³-hybridized carbons (Fsp3) is 0.381. The highest BCUT2D eigenvalue weighted by Gasteiger charge is 2.34. The largest absolute Gasteiger partial charge is 0.480 e. The van der Waals surface area contributed by atoms with E-state index in [1.807, 2.05) is 42.2 Å². The van der Waals surface area contributed by atoms with Crippen molar-refractivity contribution in [3.63, 3.8) is 0 Å². The number of piperazine rings is 1. The molecule has 0 aromatic heterocycles. The topological polar surface area (TPSA) is 43.8 Å². The Morgan fingerprint density at radius 2 is 1.79 bits per heavy atom. The van der Waals surface area contributed by atoms with Gasteiger partial charge < -0.3 is 5.11 Å². The highest BCUT2D eigenvalue weighted by atomic mass is 19.4. The number of carboxylic acids is 1. The van der Waals surface area contributed by atoms with E-state index in [-0.39, 0.29) is 18.6 Å². The van der Waals surface area contributed by atoms with Gasteiger partial charge in [-0.15, -0.1) is 0 Å². The van der Waals surface area contributed by atoms with Crippen LogP contribution < -0.4 is 0 Å². The predicted octanol–water partition coefficient (Wildman–Crippen LogP) is 3.89. The van der Waals surface area contributed by atoms with Crippen LogP contribution in [0.4, 0.5) is 13.2 Å². The molecule has 1 N–H and O–H groups in total. The summed E-state index contributed by atoms with van der Waals surface area (Å²) in [5, 5.41) is 9.06. The van der Waals surface area contributed by atoms with Crippen LogP contribution in [0.15, 0.2) is 54.6 Å². The van der Waals surface area contributed by atoms with E-state index in [1.54, 1.807) is 6.07 Å². The molecule has 4 nitrogen and oxygen atoms in total. The molecular weight excluding hydrogens is 369 g/mol. The lowest BCUT2D eigenvalue weighted by molar-refractivity contribution is -0.139. The first kappa shape index (κ1) is 20.4. The summed E-state index contributed by atoms with van der Waals surface area (Å²) < 4.78 is 39.7. The van der Waals surface area contributed by atoms with Gasteiger partial charge in [-0.1, -0.05) is 42.5 Å². The second kappa shape index (κ2) is 8.32. The van der Waals surface area contributed by atoms with Crippen molar-refractivity contribution in [1.29, 1.82) is 0 Å². The fourth-order valence-electron chi connectivity index (χ4n) is 3.80. The molecule has 2 aromatic rings. The average Bonchev–Trinajstić information content (AvgIpc) is 2.64. The molecule has 0 bridgehead atoms. The zero-order valence-electron chi connectivity index (χ0n) is 15.6. The smallest absolute Gasteiger partial charge is 0.416 e. The van der Waals surface area contributed by atoms with Crippen molar-refractivity contribution in [3.05, 3.63) is 71.3 Å². The second-order valence-electron chi connectivity index (χ2n) is 7.14. The van der Waals surface area contributed by atoms with Gasteiger partial charge in [0.1, 0.15) is 0 Å². The molecule has 7 heteroatoms. The Morgan fingerprint density at radius 3 is 2.39 bits per heavy atom. The molecule has 2 atom stereocenters. The number of hydrogen-bond donors (Lipinski definition) is 1. The van der Waals surface area contributed by atoms with Crippen molar-refractivity contribution in [2.45, 2.75) is 25.2 Å². The zero-order valence-corrected chi connectivity index (χ0v) is 15.6. The van der Waals surface area contributed by atoms with Crippen LogP contribution in [0.3, 0.4) is 0 Å². The molecule has 1 aliphatic rings. The van der Waals surface area contributed by atoms with E-state index < -0.39 is 17.7 Å². The predicted molar refractivity (Wildman–Crippen MR) is 100.0 cm³/mol. The number of carboxylic acid groups (broad SMARTS) is 1. The molecule has 28 heavy (non-hydrogen) atoms. The third-order valence-electron chi connectivity index (χ3n) is 5.15. The highest BCUT2D eigenvalue weighted by Crippen LogP contribution is 2.35. The summed E-state index contributed by atoms with van der Waals surface area (Å²) in [6, 6.07) is 14.6. The lowest BCUT2D eigenvalue weighted by Gasteiger charge is -2.43. The van der Waals surface area contributed by atoms with Gasteiger partial charge in [0.25, 0.3) is 0 Å². The number of carbonyl (C=O) groups is 1. The molecule has 0 unspecified atom stereocenters. The number of nitrogens with zero attached hydrogens (tertiary/aromatic N) is 2. The molecule has 1 aliphatic heterocycles. The van der Waals surface area contributed by atoms with Gasteiger partial charge in [-0.05, 0) is 30.2 Å². The van der Waals surface area contributed by atoms with Gasteiger partial charge in [0.2, 0.25) is 0 Å². The van der Waals surface area contributed by atoms with Crippen molar-refractivity contribution in [3.8, 4) is 0 Å². The molecule has 3 rings (SSSR count). The molecule has 2 aromatic carbocycles. The summed E-state index contributed by atoms with van der Waals surface area (Å²) in [4.78, 5) is 15.1. The Bertz CT molecular complexity index is 811. The second-order valence-corrected chi connectivity index (χ2v) is 7.14. The normalized spacial score (nSPS) is 20.1. The molecular formula is C21H23F3N2O2. The number of benzene rings is 2. The summed E-state index contributed by atoms with van der Waals surface area (Å²) in [6.45, 7) is 3.62. The number of halogens is 3. The third-order valence-corrected chi connectivity index (χ3v) is 5.15. The number of rotatable bonds is 5. The number of alkyl halides is 3. The Kier molecular flexibility index (Phi) is 6.05. The van der Waals surface area contributed by atoms with E-state index in [1.165, 1.54) is 12.1 Å². The molecule has 0 spiro atoms. The molecule has 0 amide bonds. The SMILES string of the molecule is C[C@H]1CN([C@H](c2ccccc2)c2cccc(C(F)(F)F)c2)CCN1CC(=O)O. The van der Waals surface area contributed by atoms with E-state index in [9.17, 15) is 18.0 Å². The van der Waals surface area contributed by atoms with Gasteiger partial charge in [-0.2, -0.15) is 13.2 Å². The van der Waals surface area contributed by atoms with Crippen LogP contribution in [-0.4, -0.2) is 53.1 Å². The first-order valence-electron chi connectivity index (χ1n) is 9.17. The van der Waals surface area contributed by atoms with Crippen molar-refractivity contribution in [1.82, 2.24) is 9.80 Å². The van der Waals surface area contributed by atoms with E-state index >= 15 is 0 Å². The molecule has 0 radical (unpaired) electrons. The molecule has 0 saturated carbocycles. The van der Waals surface area contributed by atoms with Crippen LogP contribution in [0.1, 0.15) is 29.7 Å². The van der Waals surface area contributed by atoms with Gasteiger partial charge in [-0.25, -0.2) is 0 Å². The first-order chi connectivity index (χ1) is 13.3. The monoisotopic (exact) mass is 392 g/mol. The number of hydrogen-bond acceptors (Lipinski definition) is 3. The van der Waals surface area contributed by atoms with E-state index in [4.69, 9.17) is 5.11 Å². The lowest BCUT2D eigenvalue weighted by Crippen LogP contribution is -2.54. The third kappa shape index (κ3) is 4.72. The number of aliphatic carboxylic acids is 1. The van der Waals surface area contributed by atoms with Crippen LogP contribution in [0.2, 0.25) is 0 Å². The first-order valence-corrected chi connectivity index (χ1v) is 9.17. The zero-order chi connectivity index (χ0) is 20.3. The highest BCUT2D eigenvalue weighted by molar-refractivity contribution is 5.69. The summed E-state index contributed by atoms with van der Waals surface area (Å²) >= 11 is 0. The standard InChI is InChI=1S/C21H23F3N2O2/c1-15-13-26(11-10-25(15)14-19(27)28)20(16-6-3-2-4-7-16)17-8-5-9-18(12-17)21(22,23)24/h2-9,12,15,20H,10-11,13-14H2,1H3,(H,27,28)/t15-,20+/m0/s1. The Balaban J connectivity index is 1.93. The molecule has 1 heterocycles. The van der Waals surface area contributed by atoms with Gasteiger partial charge in [0, 0.05) is 25.7 Å². The van der Waals surface area contributed by atoms with Crippen LogP contribution in [0, 0.1) is 0 Å². The van der Waals surface area contributed by atoms with Crippen LogP contribution in [0.25, 0.3) is 0 Å². The van der Waals surface area contributed by atoms with Crippen molar-refractivity contribution >= 4 is 5.97 Å². The quantitative estimate of drug-likeness (QED) is 0.839. The van der Waals surface area contributed by atoms with Gasteiger partial charge in [0.05, 0.1) is 18.2 Å². The van der Waals surface area contributed by atoms with Crippen molar-refractivity contribution < 1.29 is 23.1 Å². The van der Waals surface area contributed by atoms with E-state index in [0.717, 1.165) is 11.6 Å². The minimum absolute atomic E-state index is 0.0122. The Hall–Kier alpha value is -2.38. The van der Waals surface area contributed by atoms with Crippen molar-refractivity contribution in [2.75, 3.05) is 26.2 Å². The summed E-state index contributed by atoms with van der Waals surface area (Å²) in [5.74, 6) is -0.877. The Labute approximate surface area is 162 Å². The Morgan fingerprint density at radius 1 is 1.11 bits per heavy atom. The maximum Gasteiger partial charge on any atom is 0.416 e. The minimum atomic E-state index is -4.40. The van der Waals surface area contributed by atoms with Gasteiger partial charge in [-0.3, -0.25) is 14.6 Å². The van der Waals surface area contributed by atoms with Crippen molar-refractivity contribution in [2.24, 2.45) is 0 Å². The van der Waals surface area contributed by atoms with Gasteiger partial charge >= 0.3 is 12.1 Å². The maximum absolute atomic E-state index is 13.2. The lowest BCUT2D eigenvalue weighted by atomic mass is 9.94. The van der Waals surface area contributed by atoms with E-state index in [0.29, 0.717) is 25.2 Å². The maximum atomic E-state index is 13.2. The molecule has 0 aliphatic carbocycles. The molecule has 1 saturated heterocycles. The average molecular weight is 392 g/mol. The molecule has 1 fully saturated rings. The van der Waals surface area contributed by atoms with E-state index in [2.05, 4.69) is 4.90 Å². The summed E-state index contributed by atoms with van der Waals surface area (Å²) in [7, 11) is 0. The van der Waals surface area contributed by atoms with Crippen LogP contribution in [-0.2, 0) is 11.0 Å². The molecule has 150 valence electrons. The van der Waals surface area contributed by atoms with Gasteiger partial charge in [0.15, 0.2) is 0 Å². The van der Waals surface area contributed by atoms with Crippen LogP contribution in [0.5, 0.6) is 0 Å². The fourth-order valence-corrected chi connectivity index (χ4v) is 3.80. The summed E-state index contributed by atoms with van der Waals surface area (Å²) in [6.07, 6.45) is -4.40.